The van der Waals surface area contributed by atoms with E-state index in [1.165, 1.54) is 19.1 Å². The van der Waals surface area contributed by atoms with Crippen LogP contribution >= 0.6 is 0 Å². The third-order valence-corrected chi connectivity index (χ3v) is 1.78. The number of carboxylic acid groups (broad SMARTS) is 1. The molecule has 4 nitrogen and oxygen atoms in total. The number of nitrogens with two attached hydrogens (primary N) is 1. The van der Waals surface area contributed by atoms with Gasteiger partial charge in [0.15, 0.2) is 0 Å². The monoisotopic (exact) mass is 203 g/mol. The van der Waals surface area contributed by atoms with Crippen LogP contribution in [-0.2, 0) is 0 Å². The number of anilines is 1. The van der Waals surface area contributed by atoms with Crippen molar-refractivity contribution < 1.29 is 44.6 Å². The molecule has 1 unspecified atom stereocenters. The Balaban J connectivity index is 0.00000169. The topological polar surface area (TPSA) is 86.4 Å². The molecule has 3 N–H and O–H groups in total. The van der Waals surface area contributed by atoms with Gasteiger partial charge >= 0.3 is 29.6 Å². The summed E-state index contributed by atoms with van der Waals surface area (Å²) in [6, 6.07) is 4.55. The molecule has 0 saturated carbocycles. The minimum atomic E-state index is -1.37. The number of hydrogen-bond acceptors (Lipinski definition) is 4. The van der Waals surface area contributed by atoms with Crippen LogP contribution in [-0.4, -0.2) is 11.1 Å². The van der Waals surface area contributed by atoms with Gasteiger partial charge in [0.25, 0.3) is 0 Å². The minimum Gasteiger partial charge on any atom is -0.545 e. The summed E-state index contributed by atoms with van der Waals surface area (Å²) in [5.74, 6) is -1.37. The first-order valence-corrected chi connectivity index (χ1v) is 3.82. The Morgan fingerprint density at radius 2 is 2.14 bits per heavy atom. The fourth-order valence-corrected chi connectivity index (χ4v) is 1.17. The number of hydrogen-bond donors (Lipinski definition) is 2. The molecule has 0 aliphatic rings. The van der Waals surface area contributed by atoms with Crippen molar-refractivity contribution in [3.8, 4) is 0 Å². The standard InChI is InChI=1S/C9H11NO3.Na/c1-5(11)6-3-2-4-7(10)8(6)9(12)13;/h2-5,11H,10H2,1H3,(H,12,13);/q;+1/p-1. The minimum absolute atomic E-state index is 0. The number of rotatable bonds is 2. The zero-order chi connectivity index (χ0) is 10.0. The van der Waals surface area contributed by atoms with Crippen LogP contribution in [0.3, 0.4) is 0 Å². The molecule has 0 saturated heterocycles. The molecule has 0 heterocycles. The third-order valence-electron chi connectivity index (χ3n) is 1.78. The van der Waals surface area contributed by atoms with E-state index in [9.17, 15) is 15.0 Å². The molecule has 1 aromatic carbocycles. The van der Waals surface area contributed by atoms with Crippen molar-refractivity contribution in [1.82, 2.24) is 0 Å². The Morgan fingerprint density at radius 3 is 2.50 bits per heavy atom. The van der Waals surface area contributed by atoms with Crippen LogP contribution in [0.15, 0.2) is 18.2 Å². The number of carboxylic acids is 1. The van der Waals surface area contributed by atoms with E-state index in [1.807, 2.05) is 0 Å². The van der Waals surface area contributed by atoms with E-state index in [0.29, 0.717) is 0 Å². The summed E-state index contributed by atoms with van der Waals surface area (Å²) >= 11 is 0. The number of carbonyl (C=O) groups excluding carboxylic acids is 1. The molecule has 1 aromatic rings. The van der Waals surface area contributed by atoms with E-state index < -0.39 is 12.1 Å². The van der Waals surface area contributed by atoms with Crippen LogP contribution in [0.25, 0.3) is 0 Å². The Morgan fingerprint density at radius 1 is 1.57 bits per heavy atom. The van der Waals surface area contributed by atoms with Gasteiger partial charge in [0.1, 0.15) is 0 Å². The fourth-order valence-electron chi connectivity index (χ4n) is 1.17. The SMILES string of the molecule is CC(O)c1cccc(N)c1C(=O)[O-].[Na+]. The van der Waals surface area contributed by atoms with Gasteiger partial charge in [-0.3, -0.25) is 0 Å². The molecule has 1 rings (SSSR count). The molecule has 1 atom stereocenters. The second kappa shape index (κ2) is 5.36. The molecule has 0 amide bonds. The number of aromatic carboxylic acids is 1. The summed E-state index contributed by atoms with van der Waals surface area (Å²) in [5.41, 5.74) is 5.69. The maximum atomic E-state index is 10.6. The Labute approximate surface area is 104 Å². The first-order chi connectivity index (χ1) is 6.04. The van der Waals surface area contributed by atoms with Crippen LogP contribution in [0.2, 0.25) is 0 Å². The average molecular weight is 203 g/mol. The molecule has 0 aliphatic carbocycles. The summed E-state index contributed by atoms with van der Waals surface area (Å²) in [6.45, 7) is 1.47. The van der Waals surface area contributed by atoms with E-state index in [1.54, 1.807) is 6.07 Å². The average Bonchev–Trinajstić information content (AvgIpc) is 2.02. The van der Waals surface area contributed by atoms with Crippen LogP contribution in [0.4, 0.5) is 5.69 Å². The molecule has 5 heteroatoms. The van der Waals surface area contributed by atoms with E-state index in [2.05, 4.69) is 0 Å². The van der Waals surface area contributed by atoms with Crippen LogP contribution in [0.5, 0.6) is 0 Å². The van der Waals surface area contributed by atoms with E-state index >= 15 is 0 Å². The molecular weight excluding hydrogens is 193 g/mol. The second-order valence-corrected chi connectivity index (χ2v) is 2.77. The van der Waals surface area contributed by atoms with Gasteiger partial charge < -0.3 is 20.7 Å². The van der Waals surface area contributed by atoms with Crippen molar-refractivity contribution >= 4 is 11.7 Å². The van der Waals surface area contributed by atoms with Crippen molar-refractivity contribution in [2.45, 2.75) is 13.0 Å². The van der Waals surface area contributed by atoms with Crippen molar-refractivity contribution in [2.24, 2.45) is 0 Å². The zero-order valence-corrected chi connectivity index (χ0v) is 10.2. The number of carbonyl (C=O) groups is 1. The maximum Gasteiger partial charge on any atom is 1.00 e. The van der Waals surface area contributed by atoms with Gasteiger partial charge in [0.05, 0.1) is 12.1 Å². The van der Waals surface area contributed by atoms with Gasteiger partial charge in [0, 0.05) is 11.3 Å². The largest absolute Gasteiger partial charge is 1.00 e. The van der Waals surface area contributed by atoms with E-state index in [4.69, 9.17) is 5.73 Å². The molecule has 0 aliphatic heterocycles. The van der Waals surface area contributed by atoms with Crippen molar-refractivity contribution in [1.29, 1.82) is 0 Å². The third kappa shape index (κ3) is 2.72. The molecule has 0 aromatic heterocycles. The molecule has 0 radical (unpaired) electrons. The number of nitrogen functional groups attached to an aromatic ring is 1. The van der Waals surface area contributed by atoms with Crippen molar-refractivity contribution in [3.05, 3.63) is 29.3 Å². The summed E-state index contributed by atoms with van der Waals surface area (Å²) in [7, 11) is 0. The number of aliphatic hydroxyl groups excluding tert-OH is 1. The zero-order valence-electron chi connectivity index (χ0n) is 8.15. The van der Waals surface area contributed by atoms with Gasteiger partial charge in [0.2, 0.25) is 0 Å². The van der Waals surface area contributed by atoms with Crippen LogP contribution in [0.1, 0.15) is 28.9 Å². The molecular formula is C9H10NNaO3. The molecule has 0 bridgehead atoms. The first-order valence-electron chi connectivity index (χ1n) is 3.82. The van der Waals surface area contributed by atoms with E-state index in [-0.39, 0.29) is 46.4 Å². The van der Waals surface area contributed by atoms with Crippen molar-refractivity contribution in [3.63, 3.8) is 0 Å². The van der Waals surface area contributed by atoms with Gasteiger partial charge in [-0.2, -0.15) is 0 Å². The second-order valence-electron chi connectivity index (χ2n) is 2.77. The van der Waals surface area contributed by atoms with Gasteiger partial charge in [-0.15, -0.1) is 0 Å². The van der Waals surface area contributed by atoms with E-state index in [0.717, 1.165) is 0 Å². The summed E-state index contributed by atoms with van der Waals surface area (Å²) in [5, 5.41) is 19.9. The normalized spacial score (nSPS) is 11.6. The van der Waals surface area contributed by atoms with Crippen LogP contribution < -0.4 is 40.4 Å². The summed E-state index contributed by atoms with van der Waals surface area (Å²) in [4.78, 5) is 10.6. The van der Waals surface area contributed by atoms with Crippen LogP contribution in [0, 0.1) is 0 Å². The van der Waals surface area contributed by atoms with Gasteiger partial charge in [-0.1, -0.05) is 12.1 Å². The number of benzene rings is 1. The van der Waals surface area contributed by atoms with Gasteiger partial charge in [-0.25, -0.2) is 0 Å². The maximum absolute atomic E-state index is 10.6. The summed E-state index contributed by atoms with van der Waals surface area (Å²) < 4.78 is 0. The molecule has 14 heavy (non-hydrogen) atoms. The smallest absolute Gasteiger partial charge is 0.545 e. The summed E-state index contributed by atoms with van der Waals surface area (Å²) in [6.07, 6.45) is -0.864. The molecule has 0 spiro atoms. The van der Waals surface area contributed by atoms with Gasteiger partial charge in [-0.05, 0) is 18.6 Å². The predicted octanol–water partition coefficient (Wildman–Crippen LogP) is -3.31. The number of aliphatic hydroxyl groups is 1. The Bertz CT molecular complexity index is 339. The Hall–Kier alpha value is -0.550. The van der Waals surface area contributed by atoms with Crippen molar-refractivity contribution in [2.75, 3.05) is 5.73 Å². The quantitative estimate of drug-likeness (QED) is 0.389. The first kappa shape index (κ1) is 13.4. The predicted molar refractivity (Wildman–Crippen MR) is 45.8 cm³/mol. The fraction of sp³-hybridized carbons (Fsp3) is 0.222. The molecule has 0 fully saturated rings. The Kier molecular flexibility index (Phi) is 5.15. The molecule has 70 valence electrons.